The van der Waals surface area contributed by atoms with E-state index in [9.17, 15) is 4.79 Å². The minimum Gasteiger partial charge on any atom is -0.463 e. The lowest BCUT2D eigenvalue weighted by Gasteiger charge is -2.31. The number of likely N-dealkylation sites (tertiary alicyclic amines) is 1. The SMILES string of the molecule is CC1CCN(C(N)=NCCCC(=O)OC(C)C)CC1. The molecule has 1 heterocycles. The van der Waals surface area contributed by atoms with Gasteiger partial charge < -0.3 is 15.4 Å². The van der Waals surface area contributed by atoms with Crippen molar-refractivity contribution in [2.75, 3.05) is 19.6 Å². The number of nitrogens with two attached hydrogens (primary N) is 1. The minimum atomic E-state index is -0.157. The van der Waals surface area contributed by atoms with E-state index in [4.69, 9.17) is 10.5 Å². The zero-order chi connectivity index (χ0) is 14.3. The highest BCUT2D eigenvalue weighted by atomic mass is 16.5. The zero-order valence-electron chi connectivity index (χ0n) is 12.4. The average Bonchev–Trinajstić information content (AvgIpc) is 2.34. The van der Waals surface area contributed by atoms with E-state index in [1.807, 2.05) is 13.8 Å². The molecule has 1 aliphatic rings. The molecule has 0 spiro atoms. The number of esters is 1. The van der Waals surface area contributed by atoms with E-state index in [1.165, 1.54) is 12.8 Å². The molecular formula is C14H27N3O2. The van der Waals surface area contributed by atoms with Gasteiger partial charge in [0.15, 0.2) is 5.96 Å². The number of ether oxygens (including phenoxy) is 1. The van der Waals surface area contributed by atoms with Crippen LogP contribution in [0, 0.1) is 5.92 Å². The van der Waals surface area contributed by atoms with Crippen molar-refractivity contribution in [3.05, 3.63) is 0 Å². The Hall–Kier alpha value is -1.26. The Labute approximate surface area is 116 Å². The van der Waals surface area contributed by atoms with Crippen molar-refractivity contribution in [3.8, 4) is 0 Å². The molecule has 0 saturated carbocycles. The monoisotopic (exact) mass is 269 g/mol. The molecule has 2 N–H and O–H groups in total. The van der Waals surface area contributed by atoms with Gasteiger partial charge in [0.05, 0.1) is 6.10 Å². The Morgan fingerprint density at radius 2 is 2.05 bits per heavy atom. The van der Waals surface area contributed by atoms with Crippen LogP contribution in [-0.4, -0.2) is 42.6 Å². The summed E-state index contributed by atoms with van der Waals surface area (Å²) in [4.78, 5) is 17.8. The lowest BCUT2D eigenvalue weighted by atomic mass is 10.00. The van der Waals surface area contributed by atoms with E-state index in [0.29, 0.717) is 25.3 Å². The topological polar surface area (TPSA) is 67.9 Å². The third-order valence-corrected chi connectivity index (χ3v) is 3.29. The molecule has 110 valence electrons. The second kappa shape index (κ2) is 8.02. The van der Waals surface area contributed by atoms with Crippen LogP contribution in [0.1, 0.15) is 46.5 Å². The molecule has 0 aliphatic carbocycles. The minimum absolute atomic E-state index is 0.0450. The molecule has 0 aromatic heterocycles. The number of rotatable bonds is 5. The number of nitrogens with zero attached hydrogens (tertiary/aromatic N) is 2. The van der Waals surface area contributed by atoms with Crippen LogP contribution < -0.4 is 5.73 Å². The van der Waals surface area contributed by atoms with E-state index >= 15 is 0 Å². The Morgan fingerprint density at radius 3 is 2.63 bits per heavy atom. The fourth-order valence-corrected chi connectivity index (χ4v) is 2.08. The maximum atomic E-state index is 11.3. The van der Waals surface area contributed by atoms with Crippen molar-refractivity contribution < 1.29 is 9.53 Å². The van der Waals surface area contributed by atoms with Crippen molar-refractivity contribution in [1.29, 1.82) is 0 Å². The normalized spacial score (nSPS) is 17.9. The molecule has 0 aromatic carbocycles. The third-order valence-electron chi connectivity index (χ3n) is 3.29. The van der Waals surface area contributed by atoms with Gasteiger partial charge in [-0.2, -0.15) is 0 Å². The number of carbonyl (C=O) groups excluding carboxylic acids is 1. The highest BCUT2D eigenvalue weighted by Gasteiger charge is 2.16. The van der Waals surface area contributed by atoms with Crippen molar-refractivity contribution in [1.82, 2.24) is 4.90 Å². The van der Waals surface area contributed by atoms with Crippen molar-refractivity contribution in [2.24, 2.45) is 16.6 Å². The summed E-state index contributed by atoms with van der Waals surface area (Å²) in [6.45, 7) is 8.55. The lowest BCUT2D eigenvalue weighted by molar-refractivity contribution is -0.147. The summed E-state index contributed by atoms with van der Waals surface area (Å²) in [5.41, 5.74) is 5.95. The van der Waals surface area contributed by atoms with Gasteiger partial charge in [-0.1, -0.05) is 6.92 Å². The van der Waals surface area contributed by atoms with Gasteiger partial charge in [0, 0.05) is 26.1 Å². The van der Waals surface area contributed by atoms with Crippen LogP contribution in [0.3, 0.4) is 0 Å². The summed E-state index contributed by atoms with van der Waals surface area (Å²) in [5.74, 6) is 1.24. The lowest BCUT2D eigenvalue weighted by Crippen LogP contribution is -2.42. The Bertz CT molecular complexity index is 308. The van der Waals surface area contributed by atoms with E-state index in [0.717, 1.165) is 19.0 Å². The van der Waals surface area contributed by atoms with E-state index in [1.54, 1.807) is 0 Å². The van der Waals surface area contributed by atoms with Crippen molar-refractivity contribution in [2.45, 2.75) is 52.6 Å². The van der Waals surface area contributed by atoms with Gasteiger partial charge in [0.25, 0.3) is 0 Å². The van der Waals surface area contributed by atoms with Crippen LogP contribution in [0.2, 0.25) is 0 Å². The molecule has 0 unspecified atom stereocenters. The molecule has 0 atom stereocenters. The Morgan fingerprint density at radius 1 is 1.42 bits per heavy atom. The molecule has 0 radical (unpaired) electrons. The molecule has 1 saturated heterocycles. The van der Waals surface area contributed by atoms with Gasteiger partial charge in [-0.05, 0) is 39.0 Å². The van der Waals surface area contributed by atoms with E-state index in [-0.39, 0.29) is 12.1 Å². The maximum Gasteiger partial charge on any atom is 0.306 e. The molecule has 5 heteroatoms. The van der Waals surface area contributed by atoms with Crippen molar-refractivity contribution in [3.63, 3.8) is 0 Å². The number of hydrogen-bond donors (Lipinski definition) is 1. The molecule has 19 heavy (non-hydrogen) atoms. The van der Waals surface area contributed by atoms with Gasteiger partial charge in [-0.15, -0.1) is 0 Å². The van der Waals surface area contributed by atoms with Crippen LogP contribution in [-0.2, 0) is 9.53 Å². The first kappa shape index (κ1) is 15.8. The summed E-state index contributed by atoms with van der Waals surface area (Å²) in [6.07, 6.45) is 3.41. The van der Waals surface area contributed by atoms with Gasteiger partial charge in [0.2, 0.25) is 0 Å². The highest BCUT2D eigenvalue weighted by Crippen LogP contribution is 2.15. The molecule has 5 nitrogen and oxygen atoms in total. The van der Waals surface area contributed by atoms with Crippen LogP contribution in [0.25, 0.3) is 0 Å². The number of piperidine rings is 1. The standard InChI is InChI=1S/C14H27N3O2/c1-11(2)19-13(18)5-4-8-16-14(15)17-9-6-12(3)7-10-17/h11-12H,4-10H2,1-3H3,(H2,15,16). The van der Waals surface area contributed by atoms with Crippen LogP contribution in [0.15, 0.2) is 4.99 Å². The molecule has 1 aliphatic heterocycles. The van der Waals surface area contributed by atoms with Gasteiger partial charge >= 0.3 is 5.97 Å². The summed E-state index contributed by atoms with van der Waals surface area (Å²) in [6, 6.07) is 0. The fourth-order valence-electron chi connectivity index (χ4n) is 2.08. The predicted molar refractivity (Wildman–Crippen MR) is 76.9 cm³/mol. The molecule has 0 bridgehead atoms. The fraction of sp³-hybridized carbons (Fsp3) is 0.857. The average molecular weight is 269 g/mol. The number of guanidine groups is 1. The first-order chi connectivity index (χ1) is 8.99. The number of aliphatic imine (C=N–C) groups is 1. The molecule has 0 aromatic rings. The molecular weight excluding hydrogens is 242 g/mol. The summed E-state index contributed by atoms with van der Waals surface area (Å²) >= 11 is 0. The second-order valence-electron chi connectivity index (χ2n) is 5.55. The zero-order valence-corrected chi connectivity index (χ0v) is 12.4. The molecule has 1 fully saturated rings. The maximum absolute atomic E-state index is 11.3. The summed E-state index contributed by atoms with van der Waals surface area (Å²) in [5, 5.41) is 0. The van der Waals surface area contributed by atoms with Gasteiger partial charge in [-0.3, -0.25) is 9.79 Å². The highest BCUT2D eigenvalue weighted by molar-refractivity contribution is 5.78. The smallest absolute Gasteiger partial charge is 0.306 e. The predicted octanol–water partition coefficient (Wildman–Crippen LogP) is 1.76. The van der Waals surface area contributed by atoms with E-state index < -0.39 is 0 Å². The van der Waals surface area contributed by atoms with Crippen molar-refractivity contribution >= 4 is 11.9 Å². The first-order valence-electron chi connectivity index (χ1n) is 7.23. The first-order valence-corrected chi connectivity index (χ1v) is 7.23. The summed E-state index contributed by atoms with van der Waals surface area (Å²) in [7, 11) is 0. The molecule has 0 amide bonds. The summed E-state index contributed by atoms with van der Waals surface area (Å²) < 4.78 is 5.06. The van der Waals surface area contributed by atoms with Crippen LogP contribution in [0.5, 0.6) is 0 Å². The molecule has 1 rings (SSSR count). The van der Waals surface area contributed by atoms with Gasteiger partial charge in [0.1, 0.15) is 0 Å². The van der Waals surface area contributed by atoms with Gasteiger partial charge in [-0.25, -0.2) is 0 Å². The quantitative estimate of drug-likeness (QED) is 0.357. The van der Waals surface area contributed by atoms with Crippen LogP contribution in [0.4, 0.5) is 0 Å². The Kier molecular flexibility index (Phi) is 6.67. The number of carbonyl (C=O) groups is 1. The Balaban J connectivity index is 2.19. The van der Waals surface area contributed by atoms with E-state index in [2.05, 4.69) is 16.8 Å². The van der Waals surface area contributed by atoms with Crippen LogP contribution >= 0.6 is 0 Å². The second-order valence-corrected chi connectivity index (χ2v) is 5.55. The number of hydrogen-bond acceptors (Lipinski definition) is 3. The largest absolute Gasteiger partial charge is 0.463 e. The third kappa shape index (κ3) is 6.45.